The Labute approximate surface area is 168 Å². The Kier molecular flexibility index (Phi) is 6.80. The Balaban J connectivity index is 2.18. The molecule has 1 amide bonds. The first kappa shape index (κ1) is 21.4. The van der Waals surface area contributed by atoms with Crippen LogP contribution in [0.2, 0.25) is 5.02 Å². The Morgan fingerprint density at radius 1 is 1.21 bits per heavy atom. The zero-order chi connectivity index (χ0) is 20.9. The van der Waals surface area contributed by atoms with Gasteiger partial charge >= 0.3 is 0 Å². The van der Waals surface area contributed by atoms with E-state index in [0.717, 1.165) is 17.2 Å². The van der Waals surface area contributed by atoms with Gasteiger partial charge in [-0.25, -0.2) is 4.39 Å². The number of carbonyl (C=O) groups is 2. The molecule has 0 aliphatic carbocycles. The fraction of sp³-hybridized carbons (Fsp3) is 0.238. The third-order valence-electron chi connectivity index (χ3n) is 4.35. The number of benzene rings is 2. The quantitative estimate of drug-likeness (QED) is 0.592. The lowest BCUT2D eigenvalue weighted by atomic mass is 9.90. The lowest BCUT2D eigenvalue weighted by Gasteiger charge is -2.32. The number of Topliss-reactive ketones (excluding diaryl/α,β-unsaturated/α-hetero) is 1. The van der Waals surface area contributed by atoms with E-state index in [1.807, 2.05) is 31.2 Å². The molecule has 2 rings (SSSR count). The van der Waals surface area contributed by atoms with Gasteiger partial charge in [0.2, 0.25) is 5.78 Å². The summed E-state index contributed by atoms with van der Waals surface area (Å²) in [4.78, 5) is 24.9. The molecule has 4 N–H and O–H groups in total. The molecule has 0 saturated carbocycles. The summed E-state index contributed by atoms with van der Waals surface area (Å²) in [6.07, 6.45) is -0.235. The van der Waals surface area contributed by atoms with Crippen molar-refractivity contribution in [3.8, 4) is 0 Å². The van der Waals surface area contributed by atoms with Gasteiger partial charge in [-0.2, -0.15) is 0 Å². The molecule has 0 aromatic heterocycles. The van der Waals surface area contributed by atoms with Crippen LogP contribution in [0.3, 0.4) is 0 Å². The minimum absolute atomic E-state index is 0.0410. The molecule has 0 radical (unpaired) electrons. The summed E-state index contributed by atoms with van der Waals surface area (Å²) in [7, 11) is 0. The minimum atomic E-state index is -0.909. The van der Waals surface area contributed by atoms with Crippen LogP contribution in [-0.2, 0) is 21.5 Å². The number of carbonyl (C=O) groups excluding carboxylic acids is 2. The van der Waals surface area contributed by atoms with E-state index in [1.165, 1.54) is 12.1 Å². The number of rotatable bonds is 8. The molecular weight excluding hydrogens is 381 g/mol. The standard InChI is InChI=1S/C21H23ClFN3O2/c1-13-4-7-16(8-5-13)21(3,12-25-14(2)24)26-20(28)19(27)11-15-6-9-17(22)18(23)10-15/h4-10,25H,2,11-12,24H2,1,3H3,(H,26,28). The highest BCUT2D eigenvalue weighted by Gasteiger charge is 2.31. The van der Waals surface area contributed by atoms with Crippen molar-refractivity contribution in [2.24, 2.45) is 5.73 Å². The summed E-state index contributed by atoms with van der Waals surface area (Å²) in [5.74, 6) is -1.85. The van der Waals surface area contributed by atoms with E-state index in [-0.39, 0.29) is 23.8 Å². The number of nitrogens with one attached hydrogen (secondary N) is 2. The molecular formula is C21H23ClFN3O2. The molecule has 0 saturated heterocycles. The first-order chi connectivity index (χ1) is 13.1. The third kappa shape index (κ3) is 5.57. The van der Waals surface area contributed by atoms with Crippen molar-refractivity contribution < 1.29 is 14.0 Å². The van der Waals surface area contributed by atoms with Gasteiger partial charge in [-0.3, -0.25) is 9.59 Å². The molecule has 2 aromatic rings. The maximum atomic E-state index is 13.6. The van der Waals surface area contributed by atoms with Crippen LogP contribution >= 0.6 is 11.6 Å². The maximum absolute atomic E-state index is 13.6. The van der Waals surface area contributed by atoms with Gasteiger partial charge in [-0.15, -0.1) is 0 Å². The Bertz CT molecular complexity index is 899. The predicted molar refractivity (Wildman–Crippen MR) is 108 cm³/mol. The van der Waals surface area contributed by atoms with Crippen LogP contribution in [0.5, 0.6) is 0 Å². The van der Waals surface area contributed by atoms with Crippen molar-refractivity contribution in [1.82, 2.24) is 10.6 Å². The average Bonchev–Trinajstić information content (AvgIpc) is 2.63. The van der Waals surface area contributed by atoms with E-state index in [2.05, 4.69) is 17.2 Å². The molecule has 1 atom stereocenters. The molecule has 0 fully saturated rings. The number of nitrogens with two attached hydrogens (primary N) is 1. The normalized spacial score (nSPS) is 12.7. The molecule has 1 unspecified atom stereocenters. The van der Waals surface area contributed by atoms with Crippen molar-refractivity contribution in [3.05, 3.63) is 82.4 Å². The van der Waals surface area contributed by atoms with Gasteiger partial charge < -0.3 is 16.4 Å². The molecule has 28 heavy (non-hydrogen) atoms. The Morgan fingerprint density at radius 3 is 2.43 bits per heavy atom. The molecule has 0 aliphatic rings. The van der Waals surface area contributed by atoms with E-state index >= 15 is 0 Å². The second kappa shape index (κ2) is 8.89. The summed E-state index contributed by atoms with van der Waals surface area (Å²) in [6, 6.07) is 11.6. The zero-order valence-electron chi connectivity index (χ0n) is 15.8. The summed E-state index contributed by atoms with van der Waals surface area (Å²) < 4.78 is 13.6. The smallest absolute Gasteiger partial charge is 0.288 e. The van der Waals surface area contributed by atoms with Crippen LogP contribution in [-0.4, -0.2) is 18.2 Å². The van der Waals surface area contributed by atoms with Crippen molar-refractivity contribution in [2.75, 3.05) is 6.54 Å². The molecule has 0 spiro atoms. The monoisotopic (exact) mass is 403 g/mol. The van der Waals surface area contributed by atoms with Crippen molar-refractivity contribution in [2.45, 2.75) is 25.8 Å². The van der Waals surface area contributed by atoms with Crippen LogP contribution in [0, 0.1) is 12.7 Å². The van der Waals surface area contributed by atoms with Gasteiger partial charge in [-0.1, -0.05) is 54.1 Å². The van der Waals surface area contributed by atoms with Gasteiger partial charge in [-0.05, 0) is 37.1 Å². The number of ketones is 1. The highest BCUT2D eigenvalue weighted by Crippen LogP contribution is 2.21. The number of hydrogen-bond donors (Lipinski definition) is 3. The van der Waals surface area contributed by atoms with Gasteiger partial charge in [0.15, 0.2) is 0 Å². The molecule has 7 heteroatoms. The van der Waals surface area contributed by atoms with E-state index in [9.17, 15) is 14.0 Å². The van der Waals surface area contributed by atoms with Crippen LogP contribution < -0.4 is 16.4 Å². The molecule has 148 valence electrons. The summed E-state index contributed by atoms with van der Waals surface area (Å²) in [6.45, 7) is 7.56. The van der Waals surface area contributed by atoms with Gasteiger partial charge in [0.25, 0.3) is 5.91 Å². The van der Waals surface area contributed by atoms with Gasteiger partial charge in [0.05, 0.1) is 16.4 Å². The summed E-state index contributed by atoms with van der Waals surface area (Å²) in [5, 5.41) is 5.62. The Morgan fingerprint density at radius 2 is 1.86 bits per heavy atom. The average molecular weight is 404 g/mol. The largest absolute Gasteiger partial charge is 0.386 e. The van der Waals surface area contributed by atoms with E-state index in [1.54, 1.807) is 6.92 Å². The highest BCUT2D eigenvalue weighted by molar-refractivity contribution is 6.36. The van der Waals surface area contributed by atoms with Crippen molar-refractivity contribution in [3.63, 3.8) is 0 Å². The SMILES string of the molecule is C=C(N)NCC(C)(NC(=O)C(=O)Cc1ccc(Cl)c(F)c1)c1ccc(C)cc1. The molecule has 2 aromatic carbocycles. The maximum Gasteiger partial charge on any atom is 0.288 e. The number of hydrogen-bond acceptors (Lipinski definition) is 4. The highest BCUT2D eigenvalue weighted by atomic mass is 35.5. The first-order valence-corrected chi connectivity index (χ1v) is 9.03. The second-order valence-electron chi connectivity index (χ2n) is 6.88. The lowest BCUT2D eigenvalue weighted by molar-refractivity contribution is -0.138. The zero-order valence-corrected chi connectivity index (χ0v) is 16.6. The number of aryl methyl sites for hydroxylation is 1. The van der Waals surface area contributed by atoms with E-state index in [0.29, 0.717) is 5.56 Å². The van der Waals surface area contributed by atoms with Crippen LogP contribution in [0.4, 0.5) is 4.39 Å². The minimum Gasteiger partial charge on any atom is -0.386 e. The van der Waals surface area contributed by atoms with E-state index < -0.39 is 23.0 Å². The van der Waals surface area contributed by atoms with Gasteiger partial charge in [0, 0.05) is 13.0 Å². The van der Waals surface area contributed by atoms with Gasteiger partial charge in [0.1, 0.15) is 5.82 Å². The first-order valence-electron chi connectivity index (χ1n) is 8.65. The summed E-state index contributed by atoms with van der Waals surface area (Å²) >= 11 is 5.64. The molecule has 5 nitrogen and oxygen atoms in total. The molecule has 0 bridgehead atoms. The van der Waals surface area contributed by atoms with Crippen LogP contribution in [0.1, 0.15) is 23.6 Å². The fourth-order valence-corrected chi connectivity index (χ4v) is 2.78. The fourth-order valence-electron chi connectivity index (χ4n) is 2.67. The topological polar surface area (TPSA) is 84.2 Å². The number of halogens is 2. The summed E-state index contributed by atoms with van der Waals surface area (Å²) in [5.41, 5.74) is 6.91. The lowest BCUT2D eigenvalue weighted by Crippen LogP contribution is -2.52. The number of amides is 1. The van der Waals surface area contributed by atoms with Crippen molar-refractivity contribution in [1.29, 1.82) is 0 Å². The van der Waals surface area contributed by atoms with E-state index in [4.69, 9.17) is 17.3 Å². The second-order valence-corrected chi connectivity index (χ2v) is 7.29. The molecule has 0 heterocycles. The third-order valence-corrected chi connectivity index (χ3v) is 4.66. The molecule has 0 aliphatic heterocycles. The van der Waals surface area contributed by atoms with Crippen molar-refractivity contribution >= 4 is 23.3 Å². The van der Waals surface area contributed by atoms with Crippen LogP contribution in [0.25, 0.3) is 0 Å². The van der Waals surface area contributed by atoms with Crippen LogP contribution in [0.15, 0.2) is 54.9 Å². The Hall–Kier alpha value is -2.86. The predicted octanol–water partition coefficient (Wildman–Crippen LogP) is 2.95.